The van der Waals surface area contributed by atoms with Crippen LogP contribution in [0.3, 0.4) is 0 Å². The van der Waals surface area contributed by atoms with Crippen molar-refractivity contribution in [3.05, 3.63) is 24.2 Å². The third-order valence-corrected chi connectivity index (χ3v) is 4.64. The Kier molecular flexibility index (Phi) is 4.24. The molecule has 2 fully saturated rings. The van der Waals surface area contributed by atoms with E-state index in [-0.39, 0.29) is 5.60 Å². The second kappa shape index (κ2) is 6.10. The van der Waals surface area contributed by atoms with Gasteiger partial charge < -0.3 is 14.5 Å². The third kappa shape index (κ3) is 3.40. The van der Waals surface area contributed by atoms with Crippen LogP contribution in [0.4, 0.5) is 0 Å². The molecule has 0 aromatic carbocycles. The average Bonchev–Trinajstić information content (AvgIpc) is 2.93. The minimum absolute atomic E-state index is 0.207. The molecule has 3 nitrogen and oxygen atoms in total. The van der Waals surface area contributed by atoms with Crippen molar-refractivity contribution in [2.45, 2.75) is 63.0 Å². The fraction of sp³-hybridized carbons (Fsp3) is 0.750. The second-order valence-electron chi connectivity index (χ2n) is 6.07. The summed E-state index contributed by atoms with van der Waals surface area (Å²) in [4.78, 5) is 0. The fourth-order valence-corrected chi connectivity index (χ4v) is 3.60. The summed E-state index contributed by atoms with van der Waals surface area (Å²) < 4.78 is 11.5. The molecule has 19 heavy (non-hydrogen) atoms. The van der Waals surface area contributed by atoms with Crippen LogP contribution in [0.2, 0.25) is 0 Å². The Balaban J connectivity index is 1.45. The maximum Gasteiger partial charge on any atom is 0.105 e. The molecule has 1 atom stereocenters. The molecular weight excluding hydrogens is 238 g/mol. The van der Waals surface area contributed by atoms with Gasteiger partial charge in [-0.2, -0.15) is 0 Å². The second-order valence-corrected chi connectivity index (χ2v) is 6.07. The first-order valence-corrected chi connectivity index (χ1v) is 7.76. The van der Waals surface area contributed by atoms with Crippen LogP contribution >= 0.6 is 0 Å². The van der Waals surface area contributed by atoms with Gasteiger partial charge in [-0.3, -0.25) is 0 Å². The zero-order valence-electron chi connectivity index (χ0n) is 11.7. The number of ether oxygens (including phenoxy) is 1. The summed E-state index contributed by atoms with van der Waals surface area (Å²) >= 11 is 0. The van der Waals surface area contributed by atoms with Gasteiger partial charge in [0.1, 0.15) is 5.76 Å². The Labute approximate surface area is 115 Å². The van der Waals surface area contributed by atoms with Crippen molar-refractivity contribution in [2.75, 3.05) is 13.2 Å². The first-order valence-electron chi connectivity index (χ1n) is 7.76. The summed E-state index contributed by atoms with van der Waals surface area (Å²) in [5.41, 5.74) is 0.207. The van der Waals surface area contributed by atoms with Gasteiger partial charge in [0.25, 0.3) is 0 Å². The highest BCUT2D eigenvalue weighted by molar-refractivity contribution is 4.99. The summed E-state index contributed by atoms with van der Waals surface area (Å²) in [7, 11) is 0. The van der Waals surface area contributed by atoms with E-state index >= 15 is 0 Å². The molecular formula is C16H25NO2. The van der Waals surface area contributed by atoms with Crippen molar-refractivity contribution in [2.24, 2.45) is 0 Å². The number of nitrogens with one attached hydrogen (secondary N) is 1. The van der Waals surface area contributed by atoms with Crippen molar-refractivity contribution < 1.29 is 9.15 Å². The van der Waals surface area contributed by atoms with E-state index < -0.39 is 0 Å². The van der Waals surface area contributed by atoms with Crippen LogP contribution in [0.15, 0.2) is 22.8 Å². The highest BCUT2D eigenvalue weighted by Crippen LogP contribution is 2.38. The average molecular weight is 263 g/mol. The van der Waals surface area contributed by atoms with Crippen molar-refractivity contribution >= 4 is 0 Å². The van der Waals surface area contributed by atoms with Crippen molar-refractivity contribution in [1.82, 2.24) is 5.32 Å². The van der Waals surface area contributed by atoms with Gasteiger partial charge in [0.05, 0.1) is 11.9 Å². The van der Waals surface area contributed by atoms with Gasteiger partial charge in [0, 0.05) is 25.6 Å². The molecule has 0 amide bonds. The van der Waals surface area contributed by atoms with E-state index in [2.05, 4.69) is 5.32 Å². The number of hydrogen-bond acceptors (Lipinski definition) is 3. The first kappa shape index (κ1) is 13.2. The largest absolute Gasteiger partial charge is 0.469 e. The van der Waals surface area contributed by atoms with Crippen molar-refractivity contribution in [3.63, 3.8) is 0 Å². The zero-order chi connectivity index (χ0) is 13.0. The molecule has 1 spiro atoms. The predicted molar refractivity (Wildman–Crippen MR) is 75.2 cm³/mol. The fourth-order valence-electron chi connectivity index (χ4n) is 3.60. The number of hydrogen-bond donors (Lipinski definition) is 1. The standard InChI is InChI=1S/C16H25NO2/c1-2-8-16(9-3-1)13-14(7-12-19-16)17-10-6-15-5-4-11-18-15/h4-5,11,14,17H,1-3,6-10,12-13H2. The SMILES string of the molecule is c1coc(CCNC2CCOC3(CCCCC3)C2)c1. The van der Waals surface area contributed by atoms with E-state index in [1.165, 1.54) is 38.5 Å². The lowest BCUT2D eigenvalue weighted by atomic mass is 9.78. The highest BCUT2D eigenvalue weighted by Gasteiger charge is 2.38. The van der Waals surface area contributed by atoms with Crippen LogP contribution in [0, 0.1) is 0 Å². The van der Waals surface area contributed by atoms with Gasteiger partial charge in [-0.1, -0.05) is 19.3 Å². The summed E-state index contributed by atoms with van der Waals surface area (Å²) in [5, 5.41) is 3.69. The minimum Gasteiger partial charge on any atom is -0.469 e. The maximum atomic E-state index is 6.13. The topological polar surface area (TPSA) is 34.4 Å². The van der Waals surface area contributed by atoms with Crippen LogP contribution in [0.25, 0.3) is 0 Å². The Hall–Kier alpha value is -0.800. The van der Waals surface area contributed by atoms with E-state index in [4.69, 9.17) is 9.15 Å². The predicted octanol–water partition coefficient (Wildman–Crippen LogP) is 3.29. The monoisotopic (exact) mass is 263 g/mol. The van der Waals surface area contributed by atoms with Gasteiger partial charge in [-0.15, -0.1) is 0 Å². The number of rotatable bonds is 4. The first-order chi connectivity index (χ1) is 9.36. The van der Waals surface area contributed by atoms with Crippen LogP contribution in [-0.2, 0) is 11.2 Å². The van der Waals surface area contributed by atoms with Gasteiger partial charge in [0.15, 0.2) is 0 Å². The molecule has 1 aromatic rings. The summed E-state index contributed by atoms with van der Waals surface area (Å²) in [5.74, 6) is 1.08. The normalized spacial score (nSPS) is 26.6. The Morgan fingerprint density at radius 1 is 1.26 bits per heavy atom. The van der Waals surface area contributed by atoms with Crippen LogP contribution in [0.5, 0.6) is 0 Å². The smallest absolute Gasteiger partial charge is 0.105 e. The lowest BCUT2D eigenvalue weighted by Crippen LogP contribution is -2.48. The van der Waals surface area contributed by atoms with Crippen LogP contribution < -0.4 is 5.32 Å². The molecule has 3 heteroatoms. The molecule has 1 aromatic heterocycles. The molecule has 3 rings (SSSR count). The van der Waals surface area contributed by atoms with Crippen molar-refractivity contribution in [1.29, 1.82) is 0 Å². The van der Waals surface area contributed by atoms with Crippen LogP contribution in [-0.4, -0.2) is 24.8 Å². The van der Waals surface area contributed by atoms with Gasteiger partial charge >= 0.3 is 0 Å². The van der Waals surface area contributed by atoms with E-state index in [0.717, 1.165) is 31.8 Å². The Bertz CT molecular complexity index is 363. The Morgan fingerprint density at radius 2 is 2.16 bits per heavy atom. The van der Waals surface area contributed by atoms with E-state index in [9.17, 15) is 0 Å². The Morgan fingerprint density at radius 3 is 2.95 bits per heavy atom. The summed E-state index contributed by atoms with van der Waals surface area (Å²) in [6.45, 7) is 1.94. The molecule has 1 saturated heterocycles. The summed E-state index contributed by atoms with van der Waals surface area (Å²) in [6.07, 6.45) is 11.7. The molecule has 0 bridgehead atoms. The quantitative estimate of drug-likeness (QED) is 0.905. The molecule has 1 aliphatic heterocycles. The molecule has 1 saturated carbocycles. The van der Waals surface area contributed by atoms with Crippen molar-refractivity contribution in [3.8, 4) is 0 Å². The van der Waals surface area contributed by atoms with Gasteiger partial charge in [-0.05, 0) is 37.8 Å². The van der Waals surface area contributed by atoms with E-state index in [0.29, 0.717) is 6.04 Å². The molecule has 1 unspecified atom stereocenters. The maximum absolute atomic E-state index is 6.13. The third-order valence-electron chi connectivity index (χ3n) is 4.64. The van der Waals surface area contributed by atoms with Crippen LogP contribution in [0.1, 0.15) is 50.7 Å². The van der Waals surface area contributed by atoms with E-state index in [1.54, 1.807) is 6.26 Å². The van der Waals surface area contributed by atoms with Gasteiger partial charge in [0.2, 0.25) is 0 Å². The number of furan rings is 1. The lowest BCUT2D eigenvalue weighted by Gasteiger charge is -2.43. The molecule has 106 valence electrons. The highest BCUT2D eigenvalue weighted by atomic mass is 16.5. The van der Waals surface area contributed by atoms with Gasteiger partial charge in [-0.25, -0.2) is 0 Å². The molecule has 2 heterocycles. The summed E-state index contributed by atoms with van der Waals surface area (Å²) in [6, 6.07) is 4.64. The lowest BCUT2D eigenvalue weighted by molar-refractivity contribution is -0.109. The molecule has 1 aliphatic carbocycles. The molecule has 0 radical (unpaired) electrons. The zero-order valence-corrected chi connectivity index (χ0v) is 11.7. The minimum atomic E-state index is 0.207. The molecule has 2 aliphatic rings. The van der Waals surface area contributed by atoms with E-state index in [1.807, 2.05) is 12.1 Å². The molecule has 1 N–H and O–H groups in total.